The topological polar surface area (TPSA) is 106 Å². The molecule has 0 saturated heterocycles. The number of nitrogens with one attached hydrogen (secondary N) is 3. The molecule has 0 heterocycles. The molecule has 0 radical (unpaired) electrons. The zero-order valence-electron chi connectivity index (χ0n) is 15.1. The summed E-state index contributed by atoms with van der Waals surface area (Å²) in [7, 11) is 1.52. The molecular weight excluding hydrogens is 350 g/mol. The first-order valence-corrected chi connectivity index (χ1v) is 8.15. The van der Waals surface area contributed by atoms with Crippen molar-refractivity contribution in [1.29, 1.82) is 0 Å². The molecule has 0 atom stereocenters. The van der Waals surface area contributed by atoms with Gasteiger partial charge in [0.2, 0.25) is 5.91 Å². The highest BCUT2D eigenvalue weighted by atomic mass is 16.5. The van der Waals surface area contributed by atoms with E-state index in [1.807, 2.05) is 19.1 Å². The van der Waals surface area contributed by atoms with Gasteiger partial charge in [-0.15, -0.1) is 0 Å². The smallest absolute Gasteiger partial charge is 0.269 e. The first kappa shape index (κ1) is 19.9. The Morgan fingerprint density at radius 1 is 0.852 bits per heavy atom. The molecular formula is C19H21N3O5. The van der Waals surface area contributed by atoms with Gasteiger partial charge >= 0.3 is 0 Å². The molecule has 2 aromatic rings. The number of hydrogen-bond donors (Lipinski definition) is 3. The molecule has 3 N–H and O–H groups in total. The summed E-state index contributed by atoms with van der Waals surface area (Å²) >= 11 is 0. The fourth-order valence-electron chi connectivity index (χ4n) is 2.05. The van der Waals surface area contributed by atoms with Crippen LogP contribution in [0.3, 0.4) is 0 Å². The lowest BCUT2D eigenvalue weighted by atomic mass is 10.2. The van der Waals surface area contributed by atoms with Crippen LogP contribution in [0.25, 0.3) is 0 Å². The summed E-state index contributed by atoms with van der Waals surface area (Å²) in [6.45, 7) is 1.29. The molecule has 0 unspecified atom stereocenters. The summed E-state index contributed by atoms with van der Waals surface area (Å²) in [4.78, 5) is 35.3. The second-order valence-corrected chi connectivity index (χ2v) is 5.64. The standard InChI is InChI=1S/C19H21N3O5/c1-13-3-7-15(8-4-13)20-17(23)11-27-12-18(24)21-22-19(25)14-5-9-16(26-2)10-6-14/h3-10H,11-12H2,1-2H3,(H,20,23)(H,21,24)(H,22,25). The number of anilines is 1. The summed E-state index contributed by atoms with van der Waals surface area (Å²) in [5, 5.41) is 2.65. The molecule has 0 bridgehead atoms. The largest absolute Gasteiger partial charge is 0.497 e. The van der Waals surface area contributed by atoms with E-state index in [1.54, 1.807) is 36.4 Å². The van der Waals surface area contributed by atoms with E-state index in [2.05, 4.69) is 16.2 Å². The Morgan fingerprint density at radius 3 is 2.11 bits per heavy atom. The van der Waals surface area contributed by atoms with E-state index in [4.69, 9.17) is 9.47 Å². The van der Waals surface area contributed by atoms with E-state index < -0.39 is 11.8 Å². The van der Waals surface area contributed by atoms with E-state index in [-0.39, 0.29) is 19.1 Å². The number of aryl methyl sites for hydroxylation is 1. The molecule has 2 rings (SSSR count). The first-order valence-electron chi connectivity index (χ1n) is 8.15. The van der Waals surface area contributed by atoms with Crippen LogP contribution in [-0.2, 0) is 14.3 Å². The highest BCUT2D eigenvalue weighted by Crippen LogP contribution is 2.11. The lowest BCUT2D eigenvalue weighted by Gasteiger charge is -2.09. The van der Waals surface area contributed by atoms with Crippen molar-refractivity contribution in [2.45, 2.75) is 6.92 Å². The van der Waals surface area contributed by atoms with Gasteiger partial charge in [-0.3, -0.25) is 25.2 Å². The molecule has 0 aliphatic carbocycles. The molecule has 2 aromatic carbocycles. The molecule has 0 aliphatic rings. The number of rotatable bonds is 7. The third-order valence-corrected chi connectivity index (χ3v) is 3.47. The molecule has 3 amide bonds. The Bertz CT molecular complexity index is 788. The van der Waals surface area contributed by atoms with Gasteiger partial charge in [0.25, 0.3) is 11.8 Å². The molecule has 27 heavy (non-hydrogen) atoms. The highest BCUT2D eigenvalue weighted by Gasteiger charge is 2.09. The minimum atomic E-state index is -0.583. The predicted molar refractivity (Wildman–Crippen MR) is 99.2 cm³/mol. The molecule has 0 aliphatic heterocycles. The summed E-state index contributed by atoms with van der Waals surface area (Å²) < 4.78 is 10.0. The number of methoxy groups -OCH3 is 1. The van der Waals surface area contributed by atoms with E-state index >= 15 is 0 Å². The van der Waals surface area contributed by atoms with Gasteiger partial charge in [-0.05, 0) is 43.3 Å². The number of benzene rings is 2. The minimum absolute atomic E-state index is 0.284. The summed E-state index contributed by atoms with van der Waals surface area (Å²) in [6, 6.07) is 13.7. The van der Waals surface area contributed by atoms with E-state index in [1.165, 1.54) is 7.11 Å². The van der Waals surface area contributed by atoms with Crippen LogP contribution in [0, 0.1) is 6.92 Å². The summed E-state index contributed by atoms with van der Waals surface area (Å²) in [5.41, 5.74) is 6.55. The average Bonchev–Trinajstić information content (AvgIpc) is 2.68. The van der Waals surface area contributed by atoms with Gasteiger partial charge in [-0.1, -0.05) is 17.7 Å². The number of carbonyl (C=O) groups is 3. The van der Waals surface area contributed by atoms with Gasteiger partial charge in [0, 0.05) is 11.3 Å². The number of ether oxygens (including phenoxy) is 2. The van der Waals surface area contributed by atoms with Crippen LogP contribution < -0.4 is 20.9 Å². The minimum Gasteiger partial charge on any atom is -0.497 e. The molecule has 8 heteroatoms. The van der Waals surface area contributed by atoms with Crippen LogP contribution in [0.5, 0.6) is 5.75 Å². The van der Waals surface area contributed by atoms with E-state index in [0.29, 0.717) is 17.0 Å². The fraction of sp³-hybridized carbons (Fsp3) is 0.211. The monoisotopic (exact) mass is 371 g/mol. The van der Waals surface area contributed by atoms with Crippen molar-refractivity contribution in [3.8, 4) is 5.75 Å². The lowest BCUT2D eigenvalue weighted by Crippen LogP contribution is -2.43. The Kier molecular flexibility index (Phi) is 7.33. The van der Waals surface area contributed by atoms with Crippen LogP contribution in [0.1, 0.15) is 15.9 Å². The van der Waals surface area contributed by atoms with Crippen LogP contribution in [0.15, 0.2) is 48.5 Å². The molecule has 0 fully saturated rings. The molecule has 0 spiro atoms. The number of amides is 3. The van der Waals surface area contributed by atoms with Crippen LogP contribution >= 0.6 is 0 Å². The Labute approximate surface area is 156 Å². The zero-order valence-corrected chi connectivity index (χ0v) is 15.1. The van der Waals surface area contributed by atoms with Crippen molar-refractivity contribution in [2.24, 2.45) is 0 Å². The third kappa shape index (κ3) is 6.79. The van der Waals surface area contributed by atoms with E-state index in [0.717, 1.165) is 5.56 Å². The Morgan fingerprint density at radius 2 is 1.48 bits per heavy atom. The maximum atomic E-state index is 11.9. The summed E-state index contributed by atoms with van der Waals surface area (Å²) in [5.74, 6) is -0.829. The normalized spacial score (nSPS) is 10.0. The Hall–Kier alpha value is -3.39. The van der Waals surface area contributed by atoms with Crippen molar-refractivity contribution < 1.29 is 23.9 Å². The summed E-state index contributed by atoms with van der Waals surface area (Å²) in [6.07, 6.45) is 0. The molecule has 142 valence electrons. The second kappa shape index (κ2) is 9.93. The number of carbonyl (C=O) groups excluding carboxylic acids is 3. The van der Waals surface area contributed by atoms with Gasteiger partial charge in [0.15, 0.2) is 0 Å². The van der Waals surface area contributed by atoms with E-state index in [9.17, 15) is 14.4 Å². The first-order chi connectivity index (χ1) is 13.0. The quantitative estimate of drug-likeness (QED) is 0.639. The van der Waals surface area contributed by atoms with Gasteiger partial charge in [0.05, 0.1) is 7.11 Å². The number of hydrogen-bond acceptors (Lipinski definition) is 5. The molecule has 8 nitrogen and oxygen atoms in total. The second-order valence-electron chi connectivity index (χ2n) is 5.64. The van der Waals surface area contributed by atoms with Crippen molar-refractivity contribution in [3.05, 3.63) is 59.7 Å². The molecule has 0 aromatic heterocycles. The number of hydrazine groups is 1. The van der Waals surface area contributed by atoms with Crippen LogP contribution in [0.4, 0.5) is 5.69 Å². The predicted octanol–water partition coefficient (Wildman–Crippen LogP) is 1.42. The average molecular weight is 371 g/mol. The molecule has 0 saturated carbocycles. The lowest BCUT2D eigenvalue weighted by molar-refractivity contribution is -0.129. The van der Waals surface area contributed by atoms with Gasteiger partial charge < -0.3 is 14.8 Å². The maximum absolute atomic E-state index is 11.9. The highest BCUT2D eigenvalue weighted by molar-refractivity contribution is 5.95. The maximum Gasteiger partial charge on any atom is 0.269 e. The van der Waals surface area contributed by atoms with Gasteiger partial charge in [-0.25, -0.2) is 0 Å². The SMILES string of the molecule is COc1ccc(C(=O)NNC(=O)COCC(=O)Nc2ccc(C)cc2)cc1. The van der Waals surface area contributed by atoms with Gasteiger partial charge in [0.1, 0.15) is 19.0 Å². The Balaban J connectivity index is 1.65. The third-order valence-electron chi connectivity index (χ3n) is 3.47. The van der Waals surface area contributed by atoms with Crippen molar-refractivity contribution in [3.63, 3.8) is 0 Å². The zero-order chi connectivity index (χ0) is 19.6. The van der Waals surface area contributed by atoms with Crippen molar-refractivity contribution in [2.75, 3.05) is 25.6 Å². The van der Waals surface area contributed by atoms with Crippen molar-refractivity contribution >= 4 is 23.4 Å². The van der Waals surface area contributed by atoms with Crippen LogP contribution in [0.2, 0.25) is 0 Å². The fourth-order valence-corrected chi connectivity index (χ4v) is 2.05. The van der Waals surface area contributed by atoms with Gasteiger partial charge in [-0.2, -0.15) is 0 Å². The van der Waals surface area contributed by atoms with Crippen molar-refractivity contribution in [1.82, 2.24) is 10.9 Å². The van der Waals surface area contributed by atoms with Crippen LogP contribution in [-0.4, -0.2) is 38.0 Å².